The highest BCUT2D eigenvalue weighted by atomic mass is 32.1. The summed E-state index contributed by atoms with van der Waals surface area (Å²) in [5.41, 5.74) is 7.62. The molecular weight excluding hydrogens is 328 g/mol. The Kier molecular flexibility index (Phi) is 3.21. The molecule has 4 rings (SSSR count). The quantitative estimate of drug-likeness (QED) is 0.851. The van der Waals surface area contributed by atoms with Gasteiger partial charge in [0.05, 0.1) is 23.3 Å². The van der Waals surface area contributed by atoms with Gasteiger partial charge in [0.25, 0.3) is 5.91 Å². The van der Waals surface area contributed by atoms with Gasteiger partial charge in [-0.1, -0.05) is 11.3 Å². The van der Waals surface area contributed by atoms with Crippen molar-refractivity contribution in [1.82, 2.24) is 14.8 Å². The van der Waals surface area contributed by atoms with Gasteiger partial charge in [0.1, 0.15) is 0 Å². The Hall–Kier alpha value is -2.35. The van der Waals surface area contributed by atoms with Crippen molar-refractivity contribution in [2.75, 3.05) is 32.4 Å². The first-order chi connectivity index (χ1) is 11.4. The Labute approximate surface area is 143 Å². The lowest BCUT2D eigenvalue weighted by Gasteiger charge is -2.22. The number of carbonyl (C=O) groups is 2. The Morgan fingerprint density at radius 2 is 2.21 bits per heavy atom. The average Bonchev–Trinajstić information content (AvgIpc) is 3.17. The zero-order valence-electron chi connectivity index (χ0n) is 13.5. The number of carbonyl (C=O) groups excluding carboxylic acids is 2. The van der Waals surface area contributed by atoms with Crippen LogP contribution in [0.4, 0.5) is 9.93 Å². The normalized spacial score (nSPS) is 23.5. The molecule has 126 valence electrons. The summed E-state index contributed by atoms with van der Waals surface area (Å²) in [5.74, 6) is -0.0468. The van der Waals surface area contributed by atoms with E-state index in [0.29, 0.717) is 36.8 Å². The van der Waals surface area contributed by atoms with Gasteiger partial charge in [-0.05, 0) is 24.6 Å². The van der Waals surface area contributed by atoms with Gasteiger partial charge in [-0.2, -0.15) is 0 Å². The molecule has 1 atom stereocenters. The Morgan fingerprint density at radius 1 is 1.42 bits per heavy atom. The van der Waals surface area contributed by atoms with Crippen LogP contribution in [-0.2, 0) is 4.74 Å². The van der Waals surface area contributed by atoms with Gasteiger partial charge < -0.3 is 20.3 Å². The Morgan fingerprint density at radius 3 is 2.92 bits per heavy atom. The molecule has 2 N–H and O–H groups in total. The van der Waals surface area contributed by atoms with E-state index in [1.54, 1.807) is 16.8 Å². The first-order valence-electron chi connectivity index (χ1n) is 7.77. The van der Waals surface area contributed by atoms with Crippen LogP contribution >= 0.6 is 11.3 Å². The minimum atomic E-state index is -0.560. The van der Waals surface area contributed by atoms with Crippen molar-refractivity contribution in [2.45, 2.75) is 18.9 Å². The van der Waals surface area contributed by atoms with Gasteiger partial charge in [-0.25, -0.2) is 9.78 Å². The topological polar surface area (TPSA) is 88.8 Å². The Balaban J connectivity index is 1.60. The number of hydrogen-bond donors (Lipinski definition) is 1. The summed E-state index contributed by atoms with van der Waals surface area (Å²) in [5, 5.41) is 0.499. The van der Waals surface area contributed by atoms with Crippen molar-refractivity contribution in [3.8, 4) is 0 Å². The summed E-state index contributed by atoms with van der Waals surface area (Å²) in [6.45, 7) is 3.47. The Bertz CT molecular complexity index is 864. The number of nitrogens with zero attached hydrogens (tertiary/aromatic N) is 3. The molecule has 24 heavy (non-hydrogen) atoms. The molecule has 1 spiro atoms. The lowest BCUT2D eigenvalue weighted by Crippen LogP contribution is -2.39. The van der Waals surface area contributed by atoms with Crippen LogP contribution in [-0.4, -0.2) is 59.1 Å². The molecular formula is C16H18N4O3S. The highest BCUT2D eigenvalue weighted by Crippen LogP contribution is 2.33. The lowest BCUT2D eigenvalue weighted by atomic mass is 10.0. The van der Waals surface area contributed by atoms with Crippen molar-refractivity contribution >= 4 is 38.7 Å². The number of aromatic nitrogens is 1. The molecule has 1 aromatic heterocycles. The number of thiazole rings is 1. The maximum absolute atomic E-state index is 12.9. The number of aryl methyl sites for hydroxylation is 1. The van der Waals surface area contributed by atoms with Crippen LogP contribution in [0.5, 0.6) is 0 Å². The summed E-state index contributed by atoms with van der Waals surface area (Å²) in [4.78, 5) is 32.2. The molecule has 0 radical (unpaired) electrons. The number of likely N-dealkylation sites (tertiary alicyclic amines) is 1. The molecule has 7 nitrogen and oxygen atoms in total. The number of anilines is 1. The number of rotatable bonds is 1. The molecule has 8 heteroatoms. The fraction of sp³-hybridized carbons (Fsp3) is 0.438. The monoisotopic (exact) mass is 346 g/mol. The van der Waals surface area contributed by atoms with Gasteiger partial charge in [0.2, 0.25) is 0 Å². The summed E-state index contributed by atoms with van der Waals surface area (Å²) in [6, 6.07) is 3.69. The number of benzene rings is 1. The second kappa shape index (κ2) is 5.07. The third kappa shape index (κ3) is 2.29. The standard InChI is InChI=1S/C16H18N4O3S/c1-9-5-10(6-11-12(9)18-14(17)24-11)13(21)20-4-3-16(8-20)7-19(2)15(22)23-16/h5-6H,3-4,7-8H2,1-2H3,(H2,17,18). The summed E-state index contributed by atoms with van der Waals surface area (Å²) >= 11 is 1.38. The van der Waals surface area contributed by atoms with E-state index in [1.807, 2.05) is 19.1 Å². The van der Waals surface area contributed by atoms with Crippen LogP contribution < -0.4 is 5.73 Å². The summed E-state index contributed by atoms with van der Waals surface area (Å²) < 4.78 is 6.42. The lowest BCUT2D eigenvalue weighted by molar-refractivity contribution is 0.0553. The van der Waals surface area contributed by atoms with Gasteiger partial charge in [-0.15, -0.1) is 0 Å². The largest absolute Gasteiger partial charge is 0.439 e. The zero-order valence-corrected chi connectivity index (χ0v) is 14.4. The van der Waals surface area contributed by atoms with Crippen LogP contribution in [0.25, 0.3) is 10.2 Å². The van der Waals surface area contributed by atoms with E-state index in [0.717, 1.165) is 15.8 Å². The molecule has 2 amide bonds. The van der Waals surface area contributed by atoms with E-state index in [1.165, 1.54) is 11.3 Å². The van der Waals surface area contributed by atoms with Crippen molar-refractivity contribution in [2.24, 2.45) is 0 Å². The fourth-order valence-electron chi connectivity index (χ4n) is 3.54. The molecule has 2 aliphatic rings. The maximum atomic E-state index is 12.9. The van der Waals surface area contributed by atoms with Crippen molar-refractivity contribution in [3.05, 3.63) is 23.3 Å². The van der Waals surface area contributed by atoms with E-state index < -0.39 is 5.60 Å². The van der Waals surface area contributed by atoms with Gasteiger partial charge in [0.15, 0.2) is 10.7 Å². The predicted molar refractivity (Wildman–Crippen MR) is 91.1 cm³/mol. The maximum Gasteiger partial charge on any atom is 0.410 e. The molecule has 0 bridgehead atoms. The molecule has 2 aromatic rings. The van der Waals surface area contributed by atoms with Crippen LogP contribution in [0.3, 0.4) is 0 Å². The minimum absolute atomic E-state index is 0.0468. The first kappa shape index (κ1) is 15.2. The van der Waals surface area contributed by atoms with Crippen LogP contribution in [0.1, 0.15) is 22.3 Å². The molecule has 2 aliphatic heterocycles. The van der Waals surface area contributed by atoms with Crippen molar-refractivity contribution < 1.29 is 14.3 Å². The third-order valence-corrected chi connectivity index (χ3v) is 5.52. The smallest absolute Gasteiger partial charge is 0.410 e. The summed E-state index contributed by atoms with van der Waals surface area (Å²) in [7, 11) is 1.72. The molecule has 2 fully saturated rings. The highest BCUT2D eigenvalue weighted by Gasteiger charge is 2.49. The first-order valence-corrected chi connectivity index (χ1v) is 8.59. The number of nitrogen functional groups attached to an aromatic ring is 1. The average molecular weight is 346 g/mol. The second-order valence-electron chi connectivity index (χ2n) is 6.58. The van der Waals surface area contributed by atoms with Gasteiger partial charge in [0, 0.05) is 25.6 Å². The summed E-state index contributed by atoms with van der Waals surface area (Å²) in [6.07, 6.45) is 0.352. The van der Waals surface area contributed by atoms with Crippen LogP contribution in [0.2, 0.25) is 0 Å². The van der Waals surface area contributed by atoms with Crippen LogP contribution in [0, 0.1) is 6.92 Å². The molecule has 2 saturated heterocycles. The SMILES string of the molecule is Cc1cc(C(=O)N2CCC3(CN(C)C(=O)O3)C2)cc2sc(N)nc12. The van der Waals surface area contributed by atoms with E-state index in [2.05, 4.69) is 4.98 Å². The second-order valence-corrected chi connectivity index (χ2v) is 7.64. The molecule has 0 aliphatic carbocycles. The highest BCUT2D eigenvalue weighted by molar-refractivity contribution is 7.22. The molecule has 1 aromatic carbocycles. The zero-order chi connectivity index (χ0) is 17.1. The number of hydrogen-bond acceptors (Lipinski definition) is 6. The van der Waals surface area contributed by atoms with E-state index in [4.69, 9.17) is 10.5 Å². The molecule has 3 heterocycles. The van der Waals surface area contributed by atoms with Crippen molar-refractivity contribution in [3.63, 3.8) is 0 Å². The molecule has 0 saturated carbocycles. The number of nitrogens with two attached hydrogens (primary N) is 1. The third-order valence-electron chi connectivity index (χ3n) is 4.69. The number of likely N-dealkylation sites (N-methyl/N-ethyl adjacent to an activating group) is 1. The van der Waals surface area contributed by atoms with E-state index in [-0.39, 0.29) is 12.0 Å². The van der Waals surface area contributed by atoms with Gasteiger partial charge in [-0.3, -0.25) is 4.79 Å². The number of amides is 2. The minimum Gasteiger partial charge on any atom is -0.439 e. The van der Waals surface area contributed by atoms with E-state index in [9.17, 15) is 9.59 Å². The van der Waals surface area contributed by atoms with Crippen LogP contribution in [0.15, 0.2) is 12.1 Å². The number of fused-ring (bicyclic) bond motifs is 1. The van der Waals surface area contributed by atoms with Crippen molar-refractivity contribution in [1.29, 1.82) is 0 Å². The predicted octanol–water partition coefficient (Wildman–Crippen LogP) is 1.85. The van der Waals surface area contributed by atoms with Gasteiger partial charge >= 0.3 is 6.09 Å². The number of ether oxygens (including phenoxy) is 1. The fourth-order valence-corrected chi connectivity index (χ4v) is 4.39. The molecule has 1 unspecified atom stereocenters. The van der Waals surface area contributed by atoms with E-state index >= 15 is 0 Å².